The van der Waals surface area contributed by atoms with Gasteiger partial charge in [-0.25, -0.2) is 17.9 Å². The summed E-state index contributed by atoms with van der Waals surface area (Å²) in [5.41, 5.74) is -0.522. The van der Waals surface area contributed by atoms with Gasteiger partial charge in [0.1, 0.15) is 23.6 Å². The monoisotopic (exact) mass is 243 g/mol. The molecule has 1 unspecified atom stereocenters. The molecule has 1 N–H and O–H groups in total. The van der Waals surface area contributed by atoms with Gasteiger partial charge in [0.05, 0.1) is 17.5 Å². The summed E-state index contributed by atoms with van der Waals surface area (Å²) < 4.78 is 40.7. The molecule has 0 aliphatic heterocycles. The van der Waals surface area contributed by atoms with Gasteiger partial charge in [0.25, 0.3) is 0 Å². The van der Waals surface area contributed by atoms with Gasteiger partial charge in [-0.1, -0.05) is 5.21 Å². The molecule has 2 aromatic rings. The maximum absolute atomic E-state index is 13.4. The summed E-state index contributed by atoms with van der Waals surface area (Å²) in [7, 11) is 1.46. The van der Waals surface area contributed by atoms with Crippen molar-refractivity contribution in [3.05, 3.63) is 47.0 Å². The summed E-state index contributed by atoms with van der Waals surface area (Å²) in [6.07, 6.45) is -0.414. The summed E-state index contributed by atoms with van der Waals surface area (Å²) in [4.78, 5) is 0. The highest BCUT2D eigenvalue weighted by molar-refractivity contribution is 5.28. The Hall–Kier alpha value is -1.89. The predicted molar refractivity (Wildman–Crippen MR) is 51.4 cm³/mol. The third-order valence-corrected chi connectivity index (χ3v) is 2.35. The van der Waals surface area contributed by atoms with Crippen LogP contribution in [-0.2, 0) is 7.05 Å². The molecule has 1 heterocycles. The predicted octanol–water partition coefficient (Wildman–Crippen LogP) is 1.31. The van der Waals surface area contributed by atoms with Crippen molar-refractivity contribution < 1.29 is 18.3 Å². The standard InChI is InChI=1S/C10H8F3N3O/c1-16-8(4-14-15-16)10(17)9-6(12)2-5(11)3-7(9)13/h2-4,10,17H,1H3. The van der Waals surface area contributed by atoms with Crippen LogP contribution in [0, 0.1) is 17.5 Å². The summed E-state index contributed by atoms with van der Waals surface area (Å²) in [5, 5.41) is 16.8. The number of aromatic nitrogens is 3. The van der Waals surface area contributed by atoms with Crippen LogP contribution in [0.3, 0.4) is 0 Å². The molecule has 1 atom stereocenters. The van der Waals surface area contributed by atoms with Crippen molar-refractivity contribution in [3.63, 3.8) is 0 Å². The van der Waals surface area contributed by atoms with Crippen molar-refractivity contribution in [1.29, 1.82) is 0 Å². The smallest absolute Gasteiger partial charge is 0.135 e. The molecule has 17 heavy (non-hydrogen) atoms. The molecule has 4 nitrogen and oxygen atoms in total. The summed E-state index contributed by atoms with van der Waals surface area (Å²) in [6.45, 7) is 0. The van der Waals surface area contributed by atoms with E-state index in [4.69, 9.17) is 0 Å². The molecule has 0 radical (unpaired) electrons. The van der Waals surface area contributed by atoms with E-state index in [1.165, 1.54) is 17.9 Å². The molecular weight excluding hydrogens is 235 g/mol. The summed E-state index contributed by atoms with van der Waals surface area (Å²) in [6, 6.07) is 1.01. The summed E-state index contributed by atoms with van der Waals surface area (Å²) in [5.74, 6) is -3.36. The molecule has 0 spiro atoms. The van der Waals surface area contributed by atoms with Crippen molar-refractivity contribution in [2.24, 2.45) is 7.05 Å². The Morgan fingerprint density at radius 1 is 1.24 bits per heavy atom. The van der Waals surface area contributed by atoms with Crippen LogP contribution in [0.2, 0.25) is 0 Å². The van der Waals surface area contributed by atoms with E-state index < -0.39 is 29.1 Å². The minimum absolute atomic E-state index is 0.106. The van der Waals surface area contributed by atoms with Gasteiger partial charge >= 0.3 is 0 Å². The summed E-state index contributed by atoms with van der Waals surface area (Å²) >= 11 is 0. The molecule has 0 bridgehead atoms. The van der Waals surface area contributed by atoms with Crippen LogP contribution in [-0.4, -0.2) is 20.1 Å². The van der Waals surface area contributed by atoms with Crippen LogP contribution in [0.25, 0.3) is 0 Å². The number of rotatable bonds is 2. The zero-order chi connectivity index (χ0) is 12.6. The molecule has 1 aromatic heterocycles. The molecule has 0 saturated heterocycles. The molecule has 2 rings (SSSR count). The van der Waals surface area contributed by atoms with Crippen molar-refractivity contribution in [2.75, 3.05) is 0 Å². The normalized spacial score (nSPS) is 12.8. The lowest BCUT2D eigenvalue weighted by molar-refractivity contribution is 0.198. The Balaban J connectivity index is 2.51. The molecular formula is C10H8F3N3O. The SMILES string of the molecule is Cn1nncc1C(O)c1c(F)cc(F)cc1F. The minimum atomic E-state index is -1.59. The first kappa shape index (κ1) is 11.6. The Morgan fingerprint density at radius 2 is 1.82 bits per heavy atom. The molecule has 90 valence electrons. The molecule has 0 amide bonds. The largest absolute Gasteiger partial charge is 0.382 e. The van der Waals surface area contributed by atoms with Gasteiger partial charge < -0.3 is 5.11 Å². The Morgan fingerprint density at radius 3 is 2.29 bits per heavy atom. The van der Waals surface area contributed by atoms with E-state index in [0.717, 1.165) is 0 Å². The van der Waals surface area contributed by atoms with Gasteiger partial charge in [0.15, 0.2) is 0 Å². The van der Waals surface area contributed by atoms with Gasteiger partial charge in [-0.05, 0) is 0 Å². The van der Waals surface area contributed by atoms with E-state index >= 15 is 0 Å². The molecule has 7 heteroatoms. The van der Waals surface area contributed by atoms with E-state index in [-0.39, 0.29) is 5.69 Å². The van der Waals surface area contributed by atoms with Crippen molar-refractivity contribution in [1.82, 2.24) is 15.0 Å². The number of hydrogen-bond acceptors (Lipinski definition) is 3. The number of aliphatic hydroxyl groups excluding tert-OH is 1. The van der Waals surface area contributed by atoms with Crippen molar-refractivity contribution in [2.45, 2.75) is 6.10 Å². The fraction of sp³-hybridized carbons (Fsp3) is 0.200. The maximum Gasteiger partial charge on any atom is 0.135 e. The van der Waals surface area contributed by atoms with Gasteiger partial charge in [-0.15, -0.1) is 5.10 Å². The highest BCUT2D eigenvalue weighted by Crippen LogP contribution is 2.26. The van der Waals surface area contributed by atoms with E-state index in [1.807, 2.05) is 0 Å². The van der Waals surface area contributed by atoms with E-state index in [0.29, 0.717) is 12.1 Å². The number of aliphatic hydroxyl groups is 1. The lowest BCUT2D eigenvalue weighted by Crippen LogP contribution is -2.10. The van der Waals surface area contributed by atoms with E-state index in [1.54, 1.807) is 0 Å². The lowest BCUT2D eigenvalue weighted by atomic mass is 10.1. The number of benzene rings is 1. The van der Waals surface area contributed by atoms with Gasteiger partial charge in [-0.3, -0.25) is 0 Å². The second-order valence-corrected chi connectivity index (χ2v) is 3.47. The molecule has 0 aliphatic rings. The van der Waals surface area contributed by atoms with Crippen LogP contribution in [0.5, 0.6) is 0 Å². The second-order valence-electron chi connectivity index (χ2n) is 3.47. The third-order valence-electron chi connectivity index (χ3n) is 2.35. The molecule has 0 fully saturated rings. The average Bonchev–Trinajstić information content (AvgIpc) is 2.62. The number of halogens is 3. The Bertz CT molecular complexity index is 532. The zero-order valence-corrected chi connectivity index (χ0v) is 8.73. The molecule has 0 aliphatic carbocycles. The van der Waals surface area contributed by atoms with Crippen molar-refractivity contribution in [3.8, 4) is 0 Å². The average molecular weight is 243 g/mol. The minimum Gasteiger partial charge on any atom is -0.382 e. The van der Waals surface area contributed by atoms with Crippen LogP contribution in [0.15, 0.2) is 18.3 Å². The quantitative estimate of drug-likeness (QED) is 0.865. The number of hydrogen-bond donors (Lipinski definition) is 1. The third kappa shape index (κ3) is 2.01. The first-order valence-electron chi connectivity index (χ1n) is 4.67. The van der Waals surface area contributed by atoms with Gasteiger partial charge in [0.2, 0.25) is 0 Å². The fourth-order valence-corrected chi connectivity index (χ4v) is 1.51. The van der Waals surface area contributed by atoms with Crippen LogP contribution >= 0.6 is 0 Å². The van der Waals surface area contributed by atoms with Crippen LogP contribution < -0.4 is 0 Å². The van der Waals surface area contributed by atoms with E-state index in [2.05, 4.69) is 10.3 Å². The fourth-order valence-electron chi connectivity index (χ4n) is 1.51. The Labute approximate surface area is 94.3 Å². The zero-order valence-electron chi connectivity index (χ0n) is 8.73. The molecule has 0 saturated carbocycles. The topological polar surface area (TPSA) is 50.9 Å². The highest BCUT2D eigenvalue weighted by Gasteiger charge is 2.23. The highest BCUT2D eigenvalue weighted by atomic mass is 19.1. The number of nitrogens with zero attached hydrogens (tertiary/aromatic N) is 3. The van der Waals surface area contributed by atoms with E-state index in [9.17, 15) is 18.3 Å². The van der Waals surface area contributed by atoms with Crippen LogP contribution in [0.4, 0.5) is 13.2 Å². The first-order valence-corrected chi connectivity index (χ1v) is 4.67. The lowest BCUT2D eigenvalue weighted by Gasteiger charge is -2.12. The maximum atomic E-state index is 13.4. The Kier molecular flexibility index (Phi) is 2.84. The van der Waals surface area contributed by atoms with Gasteiger partial charge in [-0.2, -0.15) is 0 Å². The van der Waals surface area contributed by atoms with Crippen molar-refractivity contribution >= 4 is 0 Å². The first-order chi connectivity index (χ1) is 8.00. The second kappa shape index (κ2) is 4.17. The van der Waals surface area contributed by atoms with Crippen LogP contribution in [0.1, 0.15) is 17.4 Å². The molecule has 1 aromatic carbocycles. The number of aryl methyl sites for hydroxylation is 1. The van der Waals surface area contributed by atoms with Gasteiger partial charge in [0, 0.05) is 19.2 Å².